The Kier molecular flexibility index (Phi) is 3.74. The molecule has 0 amide bonds. The topological polar surface area (TPSA) is 24.9 Å². The van der Waals surface area contributed by atoms with Gasteiger partial charge in [-0.1, -0.05) is 60.7 Å². The van der Waals surface area contributed by atoms with E-state index in [1.807, 2.05) is 24.3 Å². The van der Waals surface area contributed by atoms with E-state index in [1.54, 1.807) is 12.4 Å². The standard InChI is InChI=1S/C18H16N2/c1-3-7-15(8-4-1)18(16-9-5-2-6-10-16)20-17-11-13-19-14-12-17/h1-14,18H,(H,19,20). The molecule has 0 aliphatic carbocycles. The molecule has 1 heterocycles. The van der Waals surface area contributed by atoms with E-state index in [0.29, 0.717) is 0 Å². The van der Waals surface area contributed by atoms with Crippen molar-refractivity contribution < 1.29 is 0 Å². The third kappa shape index (κ3) is 2.86. The summed E-state index contributed by atoms with van der Waals surface area (Å²) in [6.07, 6.45) is 3.60. The normalized spacial score (nSPS) is 10.4. The van der Waals surface area contributed by atoms with Gasteiger partial charge in [0.05, 0.1) is 6.04 Å². The largest absolute Gasteiger partial charge is 0.374 e. The summed E-state index contributed by atoms with van der Waals surface area (Å²) in [5.74, 6) is 0. The fraction of sp³-hybridized carbons (Fsp3) is 0.0556. The number of benzene rings is 2. The van der Waals surface area contributed by atoms with Crippen LogP contribution in [0.15, 0.2) is 85.2 Å². The molecular formula is C18H16N2. The van der Waals surface area contributed by atoms with Gasteiger partial charge in [-0.25, -0.2) is 0 Å². The average Bonchev–Trinajstić information content (AvgIpc) is 2.55. The Hall–Kier alpha value is -2.61. The Morgan fingerprint density at radius 1 is 0.650 bits per heavy atom. The molecule has 98 valence electrons. The Morgan fingerprint density at radius 2 is 1.15 bits per heavy atom. The molecule has 1 aromatic heterocycles. The van der Waals surface area contributed by atoms with Gasteiger partial charge >= 0.3 is 0 Å². The molecule has 3 rings (SSSR count). The van der Waals surface area contributed by atoms with Gasteiger partial charge in [0.1, 0.15) is 0 Å². The van der Waals surface area contributed by atoms with Crippen LogP contribution in [0.2, 0.25) is 0 Å². The second-order valence-corrected chi connectivity index (χ2v) is 4.63. The molecule has 0 fully saturated rings. The minimum absolute atomic E-state index is 0.139. The maximum Gasteiger partial charge on any atom is 0.0767 e. The van der Waals surface area contributed by atoms with Crippen molar-refractivity contribution in [1.29, 1.82) is 0 Å². The molecule has 0 unspecified atom stereocenters. The second kappa shape index (κ2) is 6.02. The first kappa shape index (κ1) is 12.4. The summed E-state index contributed by atoms with van der Waals surface area (Å²) in [5, 5.41) is 3.57. The number of nitrogens with one attached hydrogen (secondary N) is 1. The van der Waals surface area contributed by atoms with E-state index < -0.39 is 0 Å². The monoisotopic (exact) mass is 260 g/mol. The third-order valence-corrected chi connectivity index (χ3v) is 3.26. The van der Waals surface area contributed by atoms with Crippen LogP contribution in [0.5, 0.6) is 0 Å². The number of rotatable bonds is 4. The number of pyridine rings is 1. The quantitative estimate of drug-likeness (QED) is 0.757. The molecule has 3 aromatic rings. The van der Waals surface area contributed by atoms with E-state index in [-0.39, 0.29) is 6.04 Å². The summed E-state index contributed by atoms with van der Waals surface area (Å²) in [4.78, 5) is 4.06. The van der Waals surface area contributed by atoms with Gasteiger partial charge in [0.2, 0.25) is 0 Å². The van der Waals surface area contributed by atoms with E-state index in [9.17, 15) is 0 Å². The minimum atomic E-state index is 0.139. The van der Waals surface area contributed by atoms with Gasteiger partial charge in [-0.2, -0.15) is 0 Å². The summed E-state index contributed by atoms with van der Waals surface area (Å²) >= 11 is 0. The number of nitrogens with zero attached hydrogens (tertiary/aromatic N) is 1. The van der Waals surface area contributed by atoms with Gasteiger partial charge in [-0.15, -0.1) is 0 Å². The van der Waals surface area contributed by atoms with E-state index in [0.717, 1.165) is 5.69 Å². The molecule has 0 radical (unpaired) electrons. The van der Waals surface area contributed by atoms with Gasteiger partial charge in [0.15, 0.2) is 0 Å². The highest BCUT2D eigenvalue weighted by molar-refractivity contribution is 5.48. The molecule has 0 atom stereocenters. The van der Waals surface area contributed by atoms with E-state index in [1.165, 1.54) is 11.1 Å². The van der Waals surface area contributed by atoms with Gasteiger partial charge in [0.25, 0.3) is 0 Å². The molecule has 0 bridgehead atoms. The first-order valence-corrected chi connectivity index (χ1v) is 6.70. The number of aromatic nitrogens is 1. The van der Waals surface area contributed by atoms with Crippen LogP contribution in [0.1, 0.15) is 17.2 Å². The van der Waals surface area contributed by atoms with Gasteiger partial charge in [-0.3, -0.25) is 4.98 Å². The van der Waals surface area contributed by atoms with Crippen LogP contribution in [0.25, 0.3) is 0 Å². The van der Waals surface area contributed by atoms with Crippen LogP contribution >= 0.6 is 0 Å². The first-order valence-electron chi connectivity index (χ1n) is 6.70. The zero-order valence-electron chi connectivity index (χ0n) is 11.1. The maximum atomic E-state index is 4.06. The van der Waals surface area contributed by atoms with Crippen LogP contribution < -0.4 is 5.32 Å². The minimum Gasteiger partial charge on any atom is -0.374 e. The highest BCUT2D eigenvalue weighted by Crippen LogP contribution is 2.26. The van der Waals surface area contributed by atoms with E-state index >= 15 is 0 Å². The Morgan fingerprint density at radius 3 is 1.65 bits per heavy atom. The lowest BCUT2D eigenvalue weighted by atomic mass is 9.98. The number of hydrogen-bond donors (Lipinski definition) is 1. The summed E-state index contributed by atoms with van der Waals surface area (Å²) in [6.45, 7) is 0. The first-order chi connectivity index (χ1) is 9.93. The molecule has 2 aromatic carbocycles. The van der Waals surface area contributed by atoms with Crippen molar-refractivity contribution in [3.05, 3.63) is 96.3 Å². The highest BCUT2D eigenvalue weighted by Gasteiger charge is 2.13. The van der Waals surface area contributed by atoms with Crippen molar-refractivity contribution in [2.75, 3.05) is 5.32 Å². The molecule has 2 heteroatoms. The van der Waals surface area contributed by atoms with Crippen molar-refractivity contribution in [1.82, 2.24) is 4.98 Å². The molecule has 0 aliphatic heterocycles. The van der Waals surface area contributed by atoms with Crippen LogP contribution in [0.4, 0.5) is 5.69 Å². The maximum absolute atomic E-state index is 4.06. The van der Waals surface area contributed by atoms with Crippen LogP contribution in [0.3, 0.4) is 0 Å². The molecular weight excluding hydrogens is 244 g/mol. The smallest absolute Gasteiger partial charge is 0.0767 e. The molecule has 1 N–H and O–H groups in total. The predicted octanol–water partition coefficient (Wildman–Crippen LogP) is 4.28. The lowest BCUT2D eigenvalue weighted by molar-refractivity contribution is 0.938. The summed E-state index contributed by atoms with van der Waals surface area (Å²) in [5.41, 5.74) is 3.56. The molecule has 0 saturated heterocycles. The van der Waals surface area contributed by atoms with Crippen molar-refractivity contribution in [3.63, 3.8) is 0 Å². The molecule has 0 spiro atoms. The molecule has 0 saturated carbocycles. The lowest BCUT2D eigenvalue weighted by Crippen LogP contribution is -2.12. The Bertz CT molecular complexity index is 597. The van der Waals surface area contributed by atoms with Crippen molar-refractivity contribution in [2.24, 2.45) is 0 Å². The van der Waals surface area contributed by atoms with Gasteiger partial charge in [-0.05, 0) is 23.3 Å². The second-order valence-electron chi connectivity index (χ2n) is 4.63. The Balaban J connectivity index is 1.96. The third-order valence-electron chi connectivity index (χ3n) is 3.26. The van der Waals surface area contributed by atoms with Gasteiger partial charge < -0.3 is 5.32 Å². The van der Waals surface area contributed by atoms with Crippen molar-refractivity contribution >= 4 is 5.69 Å². The van der Waals surface area contributed by atoms with Crippen molar-refractivity contribution in [2.45, 2.75) is 6.04 Å². The van der Waals surface area contributed by atoms with Crippen molar-refractivity contribution in [3.8, 4) is 0 Å². The van der Waals surface area contributed by atoms with Gasteiger partial charge in [0, 0.05) is 18.1 Å². The van der Waals surface area contributed by atoms with Crippen LogP contribution in [-0.2, 0) is 0 Å². The number of anilines is 1. The molecule has 2 nitrogen and oxygen atoms in total. The Labute approximate surface area is 119 Å². The van der Waals surface area contributed by atoms with Crippen LogP contribution in [-0.4, -0.2) is 4.98 Å². The van der Waals surface area contributed by atoms with Crippen LogP contribution in [0, 0.1) is 0 Å². The SMILES string of the molecule is c1ccc(C(Nc2ccncc2)c2ccccc2)cc1. The summed E-state index contributed by atoms with van der Waals surface area (Å²) in [7, 11) is 0. The summed E-state index contributed by atoms with van der Waals surface area (Å²) < 4.78 is 0. The average molecular weight is 260 g/mol. The summed E-state index contributed by atoms with van der Waals surface area (Å²) in [6, 6.07) is 25.0. The lowest BCUT2D eigenvalue weighted by Gasteiger charge is -2.21. The highest BCUT2D eigenvalue weighted by atomic mass is 14.9. The molecule has 0 aliphatic rings. The fourth-order valence-electron chi connectivity index (χ4n) is 2.26. The van der Waals surface area contributed by atoms with E-state index in [4.69, 9.17) is 0 Å². The molecule has 20 heavy (non-hydrogen) atoms. The fourth-order valence-corrected chi connectivity index (χ4v) is 2.26. The zero-order chi connectivity index (χ0) is 13.6. The zero-order valence-corrected chi connectivity index (χ0v) is 11.1. The van der Waals surface area contributed by atoms with E-state index in [2.05, 4.69) is 58.8 Å². The predicted molar refractivity (Wildman–Crippen MR) is 82.6 cm³/mol. The number of hydrogen-bond acceptors (Lipinski definition) is 2.